The first kappa shape index (κ1) is 28.5. The summed E-state index contributed by atoms with van der Waals surface area (Å²) >= 11 is 1.15. The van der Waals surface area contributed by atoms with Gasteiger partial charge in [-0.2, -0.15) is 0 Å². The zero-order valence-electron chi connectivity index (χ0n) is 22.4. The first-order chi connectivity index (χ1) is 16.5. The van der Waals surface area contributed by atoms with Crippen LogP contribution < -0.4 is 5.73 Å². The molecule has 11 heteroatoms. The van der Waals surface area contributed by atoms with Crippen LogP contribution in [-0.2, 0) is 24.5 Å². The topological polar surface area (TPSA) is 103 Å². The molecule has 1 unspecified atom stereocenters. The molecule has 3 rings (SSSR count). The zero-order valence-corrected chi connectivity index (χ0v) is 24.3. The monoisotopic (exact) mass is 539 g/mol. The van der Waals surface area contributed by atoms with E-state index in [0.29, 0.717) is 18.7 Å². The number of nitrogen functional groups attached to an aromatic ring is 1. The highest BCUT2D eigenvalue weighted by atomic mass is 32.2. The van der Waals surface area contributed by atoms with Gasteiger partial charge in [0.1, 0.15) is 22.9 Å². The number of benzene rings is 1. The van der Waals surface area contributed by atoms with Gasteiger partial charge in [0.05, 0.1) is 12.6 Å². The number of carbonyl (C=O) groups excluding carboxylic acids is 2. The number of nitrogens with zero attached hydrogens (tertiary/aromatic N) is 2. The second-order valence-corrected chi connectivity index (χ2v) is 18.7. The van der Waals surface area contributed by atoms with Crippen molar-refractivity contribution in [2.45, 2.75) is 75.7 Å². The van der Waals surface area contributed by atoms with E-state index < -0.39 is 41.8 Å². The minimum Gasteiger partial charge on any atom is -0.468 e. The molecular weight excluding hydrogens is 501 g/mol. The molecule has 3 atom stereocenters. The quantitative estimate of drug-likeness (QED) is 0.167. The van der Waals surface area contributed by atoms with Gasteiger partial charge >= 0.3 is 12.1 Å². The van der Waals surface area contributed by atoms with Gasteiger partial charge in [-0.25, -0.2) is 14.1 Å². The molecule has 1 aromatic rings. The number of amidine groups is 1. The number of ether oxygens (including phenoxy) is 3. The summed E-state index contributed by atoms with van der Waals surface area (Å²) in [5.74, 6) is -1.26. The number of thioether (sulfide) groups is 1. The number of hydrogen-bond acceptors (Lipinski definition) is 8. The summed E-state index contributed by atoms with van der Waals surface area (Å²) in [4.78, 5) is 32.4. The van der Waals surface area contributed by atoms with Crippen LogP contribution in [0.25, 0.3) is 0 Å². The van der Waals surface area contributed by atoms with Gasteiger partial charge in [0.15, 0.2) is 5.17 Å². The normalized spacial score (nSPS) is 25.5. The van der Waals surface area contributed by atoms with Crippen LogP contribution in [0, 0.1) is 11.7 Å². The molecule has 1 saturated carbocycles. The number of aliphatic imine (C=N–C) groups is 1. The van der Waals surface area contributed by atoms with Crippen molar-refractivity contribution in [1.82, 2.24) is 4.90 Å². The van der Waals surface area contributed by atoms with Gasteiger partial charge in [0.2, 0.25) is 0 Å². The summed E-state index contributed by atoms with van der Waals surface area (Å²) in [6.07, 6.45) is -0.239. The predicted molar refractivity (Wildman–Crippen MR) is 143 cm³/mol. The molecule has 0 bridgehead atoms. The highest BCUT2D eigenvalue weighted by Crippen LogP contribution is 2.67. The Morgan fingerprint density at radius 3 is 2.56 bits per heavy atom. The van der Waals surface area contributed by atoms with E-state index in [4.69, 9.17) is 24.9 Å². The van der Waals surface area contributed by atoms with Crippen molar-refractivity contribution in [2.75, 3.05) is 26.2 Å². The molecule has 0 radical (unpaired) electrons. The third-order valence-corrected chi connectivity index (χ3v) is 9.50. The molecule has 0 aromatic heterocycles. The fourth-order valence-corrected chi connectivity index (χ4v) is 6.59. The third kappa shape index (κ3) is 6.05. The molecule has 1 fully saturated rings. The van der Waals surface area contributed by atoms with Crippen LogP contribution in [0.5, 0.6) is 0 Å². The van der Waals surface area contributed by atoms with Crippen LogP contribution in [0.15, 0.2) is 23.2 Å². The van der Waals surface area contributed by atoms with Crippen LogP contribution in [-0.4, -0.2) is 61.0 Å². The summed E-state index contributed by atoms with van der Waals surface area (Å²) in [5, 5.41) is 0.223. The predicted octanol–water partition coefficient (Wildman–Crippen LogP) is 5.21. The van der Waals surface area contributed by atoms with E-state index in [2.05, 4.69) is 19.6 Å². The van der Waals surface area contributed by atoms with Gasteiger partial charge in [-0.1, -0.05) is 31.4 Å². The maximum atomic E-state index is 15.1. The largest absolute Gasteiger partial charge is 0.468 e. The van der Waals surface area contributed by atoms with Crippen molar-refractivity contribution in [3.05, 3.63) is 29.6 Å². The lowest BCUT2D eigenvalue weighted by atomic mass is 9.85. The number of nitrogens with two attached hydrogens (primary N) is 1. The number of esters is 1. The number of amides is 1. The van der Waals surface area contributed by atoms with Gasteiger partial charge < -0.3 is 19.9 Å². The zero-order chi connectivity index (χ0) is 27.1. The van der Waals surface area contributed by atoms with Crippen molar-refractivity contribution < 1.29 is 28.2 Å². The van der Waals surface area contributed by atoms with Crippen molar-refractivity contribution in [3.8, 4) is 0 Å². The number of halogens is 1. The third-order valence-electron chi connectivity index (χ3n) is 6.32. The van der Waals surface area contributed by atoms with E-state index in [1.165, 1.54) is 30.2 Å². The fraction of sp³-hybridized carbons (Fsp3) is 0.640. The SMILES string of the molecule is COC(=O)[C@]12CC1[C@@](C)(c1cc(N)ccc1F)N=C(N(COCC[Si](C)(C)C)C(=O)OC(C)(C)C)S2. The van der Waals surface area contributed by atoms with Gasteiger partial charge in [-0.3, -0.25) is 9.79 Å². The lowest BCUT2D eigenvalue weighted by molar-refractivity contribution is -0.141. The molecule has 1 aliphatic heterocycles. The maximum absolute atomic E-state index is 15.1. The van der Waals surface area contributed by atoms with Crippen LogP contribution in [0.3, 0.4) is 0 Å². The molecule has 2 aliphatic rings. The van der Waals surface area contributed by atoms with E-state index in [0.717, 1.165) is 17.8 Å². The Kier molecular flexibility index (Phi) is 7.89. The molecule has 1 aliphatic carbocycles. The van der Waals surface area contributed by atoms with Crippen molar-refractivity contribution >= 4 is 42.8 Å². The lowest BCUT2D eigenvalue weighted by Gasteiger charge is -2.37. The number of fused-ring (bicyclic) bond motifs is 1. The molecule has 1 amide bonds. The Bertz CT molecular complexity index is 1060. The van der Waals surface area contributed by atoms with Crippen LogP contribution in [0.1, 0.15) is 39.7 Å². The van der Waals surface area contributed by atoms with Crippen LogP contribution in [0.2, 0.25) is 25.7 Å². The van der Waals surface area contributed by atoms with E-state index in [-0.39, 0.29) is 23.4 Å². The van der Waals surface area contributed by atoms with Crippen LogP contribution in [0.4, 0.5) is 14.9 Å². The summed E-state index contributed by atoms with van der Waals surface area (Å²) in [6, 6.07) is 5.22. The molecular formula is C25H38FN3O5SSi. The second kappa shape index (κ2) is 9.98. The van der Waals surface area contributed by atoms with Gasteiger partial charge in [0, 0.05) is 31.8 Å². The van der Waals surface area contributed by atoms with E-state index >= 15 is 4.39 Å². The van der Waals surface area contributed by atoms with Crippen LogP contribution >= 0.6 is 11.8 Å². The highest BCUT2D eigenvalue weighted by molar-refractivity contribution is 8.15. The molecule has 2 N–H and O–H groups in total. The Labute approximate surface area is 218 Å². The molecule has 0 saturated heterocycles. The summed E-state index contributed by atoms with van der Waals surface area (Å²) < 4.78 is 30.8. The Hall–Kier alpha value is -2.11. The van der Waals surface area contributed by atoms with E-state index in [9.17, 15) is 9.59 Å². The molecule has 1 aromatic carbocycles. The average Bonchev–Trinajstić information content (AvgIpc) is 3.49. The number of hydrogen-bond donors (Lipinski definition) is 1. The average molecular weight is 540 g/mol. The van der Waals surface area contributed by atoms with Crippen molar-refractivity contribution in [2.24, 2.45) is 10.9 Å². The molecule has 8 nitrogen and oxygen atoms in total. The summed E-state index contributed by atoms with van der Waals surface area (Å²) in [5.41, 5.74) is 4.71. The first-order valence-corrected chi connectivity index (χ1v) is 16.6. The Balaban J connectivity index is 2.05. The maximum Gasteiger partial charge on any atom is 0.418 e. The highest BCUT2D eigenvalue weighted by Gasteiger charge is 2.72. The second-order valence-electron chi connectivity index (χ2n) is 11.8. The molecule has 1 heterocycles. The summed E-state index contributed by atoms with van der Waals surface area (Å²) in [7, 11) is -0.0376. The van der Waals surface area contributed by atoms with Gasteiger partial charge in [0.25, 0.3) is 0 Å². The lowest BCUT2D eigenvalue weighted by Crippen LogP contribution is -2.47. The van der Waals surface area contributed by atoms with Gasteiger partial charge in [-0.05, 0) is 58.4 Å². The fourth-order valence-electron chi connectivity index (χ4n) is 4.24. The number of methoxy groups -OCH3 is 1. The smallest absolute Gasteiger partial charge is 0.418 e. The van der Waals surface area contributed by atoms with Crippen molar-refractivity contribution in [3.63, 3.8) is 0 Å². The summed E-state index contributed by atoms with van der Waals surface area (Å²) in [6.45, 7) is 14.1. The Morgan fingerprint density at radius 2 is 1.97 bits per heavy atom. The van der Waals surface area contributed by atoms with Gasteiger partial charge in [-0.15, -0.1) is 0 Å². The number of rotatable bonds is 7. The molecule has 0 spiro atoms. The standard InChI is InChI=1S/C25H38FN3O5SSi/c1-23(2,3)34-22(31)29(15-33-11-12-36(6,7)8)21-28-24(4,17-13-16(27)9-10-18(17)26)19-14-25(19,35-21)20(30)32-5/h9-10,13,19H,11-12,14-15,27H2,1-8H3/t19?,24-,25+/m1/s1. The number of anilines is 1. The minimum absolute atomic E-state index is 0.108. The van der Waals surface area contributed by atoms with E-state index in [1.54, 1.807) is 27.7 Å². The Morgan fingerprint density at radius 1 is 1.31 bits per heavy atom. The van der Waals surface area contributed by atoms with Crippen molar-refractivity contribution in [1.29, 1.82) is 0 Å². The van der Waals surface area contributed by atoms with E-state index in [1.807, 2.05) is 0 Å². The first-order valence-electron chi connectivity index (χ1n) is 12.0. The molecule has 36 heavy (non-hydrogen) atoms. The minimum atomic E-state index is -1.36. The molecule has 200 valence electrons. The number of carbonyl (C=O) groups is 2.